The highest BCUT2D eigenvalue weighted by Crippen LogP contribution is 2.29. The van der Waals surface area contributed by atoms with E-state index >= 15 is 0 Å². The van der Waals surface area contributed by atoms with Crippen molar-refractivity contribution in [1.29, 1.82) is 0 Å². The van der Waals surface area contributed by atoms with Crippen LogP contribution in [-0.4, -0.2) is 40.1 Å². The lowest BCUT2D eigenvalue weighted by Gasteiger charge is -2.10. The van der Waals surface area contributed by atoms with Crippen LogP contribution in [-0.2, 0) is 16.6 Å². The first-order valence-corrected chi connectivity index (χ1v) is 9.63. The molecule has 0 atom stereocenters. The molecular formula is C17H15FN6O3S. The van der Waals surface area contributed by atoms with Crippen LogP contribution in [0.4, 0.5) is 10.2 Å². The number of aromatic nitrogens is 5. The maximum Gasteiger partial charge on any atom is 0.266 e. The Morgan fingerprint density at radius 2 is 2.07 bits per heavy atom. The minimum absolute atomic E-state index is 0.0641. The number of fused-ring (bicyclic) bond motifs is 1. The number of ether oxygens (including phenoxy) is 1. The van der Waals surface area contributed by atoms with Crippen LogP contribution in [0.5, 0.6) is 5.75 Å². The minimum atomic E-state index is -4.19. The van der Waals surface area contributed by atoms with E-state index < -0.39 is 20.7 Å². The average molecular weight is 402 g/mol. The molecule has 4 aromatic rings. The number of hydrogen-bond donors (Lipinski definition) is 1. The topological polar surface area (TPSA) is 103 Å². The van der Waals surface area contributed by atoms with Crippen molar-refractivity contribution in [2.75, 3.05) is 11.8 Å². The van der Waals surface area contributed by atoms with E-state index in [0.29, 0.717) is 17.8 Å². The van der Waals surface area contributed by atoms with Crippen molar-refractivity contribution in [2.24, 2.45) is 0 Å². The van der Waals surface area contributed by atoms with E-state index in [-0.39, 0.29) is 5.82 Å². The van der Waals surface area contributed by atoms with E-state index in [2.05, 4.69) is 20.1 Å². The van der Waals surface area contributed by atoms with Crippen LogP contribution in [0.25, 0.3) is 5.52 Å². The van der Waals surface area contributed by atoms with Gasteiger partial charge < -0.3 is 4.74 Å². The number of nitrogens with one attached hydrogen (secondary N) is 1. The Morgan fingerprint density at radius 3 is 2.79 bits per heavy atom. The molecule has 28 heavy (non-hydrogen) atoms. The molecule has 0 amide bonds. The maximum absolute atomic E-state index is 13.9. The maximum atomic E-state index is 13.9. The Kier molecular flexibility index (Phi) is 4.43. The van der Waals surface area contributed by atoms with E-state index in [1.54, 1.807) is 29.2 Å². The first kappa shape index (κ1) is 17.9. The third kappa shape index (κ3) is 3.27. The summed E-state index contributed by atoms with van der Waals surface area (Å²) in [5.41, 5.74) is 1.13. The smallest absolute Gasteiger partial charge is 0.266 e. The Balaban J connectivity index is 1.73. The first-order chi connectivity index (χ1) is 13.5. The predicted molar refractivity (Wildman–Crippen MR) is 98.1 cm³/mol. The van der Waals surface area contributed by atoms with Gasteiger partial charge >= 0.3 is 0 Å². The lowest BCUT2D eigenvalue weighted by molar-refractivity contribution is 0.416. The van der Waals surface area contributed by atoms with Gasteiger partial charge in [-0.2, -0.15) is 5.10 Å². The number of nitrogens with zero attached hydrogens (tertiary/aromatic N) is 5. The summed E-state index contributed by atoms with van der Waals surface area (Å²) in [5.74, 6) is -0.563. The molecule has 1 aromatic carbocycles. The molecule has 0 saturated heterocycles. The largest absolute Gasteiger partial charge is 0.494 e. The summed E-state index contributed by atoms with van der Waals surface area (Å²) in [6, 6.07) is 8.63. The van der Waals surface area contributed by atoms with Crippen molar-refractivity contribution in [3.05, 3.63) is 66.4 Å². The fraction of sp³-hybridized carbons (Fsp3) is 0.118. The third-order valence-corrected chi connectivity index (χ3v) is 5.39. The molecule has 0 unspecified atom stereocenters. The fourth-order valence-electron chi connectivity index (χ4n) is 2.78. The molecule has 0 bridgehead atoms. The first-order valence-electron chi connectivity index (χ1n) is 8.14. The fourth-order valence-corrected chi connectivity index (χ4v) is 3.87. The summed E-state index contributed by atoms with van der Waals surface area (Å²) in [6.07, 6.45) is 5.17. The van der Waals surface area contributed by atoms with Crippen LogP contribution in [0.1, 0.15) is 5.56 Å². The number of sulfonamides is 1. The average Bonchev–Trinajstić information content (AvgIpc) is 3.31. The summed E-state index contributed by atoms with van der Waals surface area (Å²) in [7, 11) is -2.74. The van der Waals surface area contributed by atoms with Crippen molar-refractivity contribution in [3.8, 4) is 5.75 Å². The van der Waals surface area contributed by atoms with Crippen molar-refractivity contribution in [3.63, 3.8) is 0 Å². The van der Waals surface area contributed by atoms with Gasteiger partial charge in [-0.1, -0.05) is 17.3 Å². The molecular weight excluding hydrogens is 387 g/mol. The van der Waals surface area contributed by atoms with Gasteiger partial charge in [-0.3, -0.25) is 9.40 Å². The number of methoxy groups -OCH3 is 1. The Labute approximate surface area is 159 Å². The monoisotopic (exact) mass is 402 g/mol. The standard InChI is InChI=1S/C17H15FN6O3S/c1-27-14-9-12(10-23-8-4-7-19-23)11-24-16(14)17(20-22-24)21-28(25,26)15-6-3-2-5-13(15)18/h2-9,11,21H,10H2,1H3. The van der Waals surface area contributed by atoms with Gasteiger partial charge in [-0.05, 0) is 29.8 Å². The van der Waals surface area contributed by atoms with Gasteiger partial charge in [0, 0.05) is 18.6 Å². The van der Waals surface area contributed by atoms with E-state index in [9.17, 15) is 12.8 Å². The molecule has 1 N–H and O–H groups in total. The zero-order chi connectivity index (χ0) is 19.7. The summed E-state index contributed by atoms with van der Waals surface area (Å²) in [6.45, 7) is 0.468. The van der Waals surface area contributed by atoms with Gasteiger partial charge in [0.1, 0.15) is 16.5 Å². The third-order valence-electron chi connectivity index (χ3n) is 4.01. The molecule has 3 aromatic heterocycles. The molecule has 0 fully saturated rings. The number of rotatable bonds is 6. The van der Waals surface area contributed by atoms with E-state index in [1.165, 1.54) is 29.8 Å². The van der Waals surface area contributed by atoms with Gasteiger partial charge in [-0.25, -0.2) is 17.3 Å². The molecule has 0 spiro atoms. The molecule has 3 heterocycles. The normalized spacial score (nSPS) is 11.6. The summed E-state index contributed by atoms with van der Waals surface area (Å²) >= 11 is 0. The molecule has 0 radical (unpaired) electrons. The van der Waals surface area contributed by atoms with Crippen molar-refractivity contribution in [1.82, 2.24) is 24.6 Å². The van der Waals surface area contributed by atoms with Crippen LogP contribution >= 0.6 is 0 Å². The second-order valence-corrected chi connectivity index (χ2v) is 7.54. The van der Waals surface area contributed by atoms with E-state index in [4.69, 9.17) is 4.74 Å². The molecule has 0 aliphatic carbocycles. The van der Waals surface area contributed by atoms with Gasteiger partial charge in [-0.15, -0.1) is 5.10 Å². The molecule has 11 heteroatoms. The Hall–Kier alpha value is -3.47. The summed E-state index contributed by atoms with van der Waals surface area (Å²) in [5, 5.41) is 12.0. The lowest BCUT2D eigenvalue weighted by atomic mass is 10.2. The van der Waals surface area contributed by atoms with E-state index in [0.717, 1.165) is 11.6 Å². The van der Waals surface area contributed by atoms with Crippen molar-refractivity contribution < 1.29 is 17.5 Å². The van der Waals surface area contributed by atoms with Crippen LogP contribution in [0.3, 0.4) is 0 Å². The number of pyridine rings is 1. The van der Waals surface area contributed by atoms with E-state index in [1.807, 2.05) is 6.20 Å². The molecule has 144 valence electrons. The highest BCUT2D eigenvalue weighted by molar-refractivity contribution is 7.92. The van der Waals surface area contributed by atoms with Crippen LogP contribution in [0, 0.1) is 5.82 Å². The highest BCUT2D eigenvalue weighted by atomic mass is 32.2. The highest BCUT2D eigenvalue weighted by Gasteiger charge is 2.23. The molecule has 0 saturated carbocycles. The van der Waals surface area contributed by atoms with Crippen molar-refractivity contribution >= 4 is 21.4 Å². The van der Waals surface area contributed by atoms with Gasteiger partial charge in [0.15, 0.2) is 11.3 Å². The second-order valence-electron chi connectivity index (χ2n) is 5.89. The van der Waals surface area contributed by atoms with Crippen LogP contribution in [0.2, 0.25) is 0 Å². The Morgan fingerprint density at radius 1 is 1.25 bits per heavy atom. The minimum Gasteiger partial charge on any atom is -0.494 e. The van der Waals surface area contributed by atoms with Gasteiger partial charge in [0.05, 0.1) is 13.7 Å². The molecule has 4 rings (SSSR count). The second kappa shape index (κ2) is 6.93. The zero-order valence-corrected chi connectivity index (χ0v) is 15.5. The van der Waals surface area contributed by atoms with Crippen LogP contribution in [0.15, 0.2) is 59.9 Å². The number of benzene rings is 1. The number of hydrogen-bond acceptors (Lipinski definition) is 6. The lowest BCUT2D eigenvalue weighted by Crippen LogP contribution is -2.15. The van der Waals surface area contributed by atoms with Gasteiger partial charge in [0.2, 0.25) is 0 Å². The Bertz CT molecular complexity index is 1240. The quantitative estimate of drug-likeness (QED) is 0.529. The predicted octanol–water partition coefficient (Wildman–Crippen LogP) is 1.92. The SMILES string of the molecule is COc1cc(Cn2cccn2)cn2nnc(NS(=O)(=O)c3ccccc3F)c12. The summed E-state index contributed by atoms with van der Waals surface area (Å²) in [4.78, 5) is -0.481. The van der Waals surface area contributed by atoms with Gasteiger partial charge in [0.25, 0.3) is 10.0 Å². The number of anilines is 1. The molecule has 9 nitrogen and oxygen atoms in total. The molecule has 0 aliphatic rings. The summed E-state index contributed by atoms with van der Waals surface area (Å²) < 4.78 is 49.8. The zero-order valence-electron chi connectivity index (χ0n) is 14.7. The van der Waals surface area contributed by atoms with Crippen molar-refractivity contribution in [2.45, 2.75) is 11.4 Å². The van der Waals surface area contributed by atoms with Crippen LogP contribution < -0.4 is 9.46 Å². The molecule has 0 aliphatic heterocycles. The number of halogens is 1.